The van der Waals surface area contributed by atoms with Crippen LogP contribution in [0.4, 0.5) is 0 Å². The van der Waals surface area contributed by atoms with Crippen molar-refractivity contribution in [1.82, 2.24) is 25.1 Å². The minimum Gasteiger partial charge on any atom is -0.458 e. The maximum Gasteiger partial charge on any atom is 0.317 e. The fourth-order valence-corrected chi connectivity index (χ4v) is 9.67. The zero-order valence-electron chi connectivity index (χ0n) is 35.7. The van der Waals surface area contributed by atoms with Crippen LogP contribution in [0.15, 0.2) is 23.6 Å². The van der Waals surface area contributed by atoms with Crippen molar-refractivity contribution in [2.24, 2.45) is 46.4 Å². The molecule has 3 saturated heterocycles. The number of Topliss-reactive ketones (excluding diaryl/α,β-unsaturated/α-hetero) is 2. The number of rotatable bonds is 10. The molecule has 0 spiro atoms. The molecule has 5 heterocycles. The molecule has 18 nitrogen and oxygen atoms in total. The third-order valence-corrected chi connectivity index (χ3v) is 13.2. The van der Waals surface area contributed by atoms with Crippen molar-refractivity contribution in [2.45, 2.75) is 129 Å². The smallest absolute Gasteiger partial charge is 0.317 e. The molecule has 0 radical (unpaired) electrons. The number of ketones is 2. The Morgan fingerprint density at radius 3 is 2.34 bits per heavy atom. The summed E-state index contributed by atoms with van der Waals surface area (Å²) >= 11 is 1.19. The van der Waals surface area contributed by atoms with E-state index >= 15 is 0 Å². The maximum atomic E-state index is 14.7. The molecular weight excluding hydrogens is 787 g/mol. The summed E-state index contributed by atoms with van der Waals surface area (Å²) < 4.78 is 31.0. The van der Waals surface area contributed by atoms with Gasteiger partial charge in [-0.1, -0.05) is 44.2 Å². The van der Waals surface area contributed by atoms with Gasteiger partial charge in [-0.25, -0.2) is 9.97 Å². The highest BCUT2D eigenvalue weighted by Gasteiger charge is 2.62. The normalized spacial score (nSPS) is 37.7. The van der Waals surface area contributed by atoms with Gasteiger partial charge in [-0.05, 0) is 67.1 Å². The molecule has 19 heteroatoms. The minimum atomic E-state index is -1.58. The first-order chi connectivity index (χ1) is 27.8. The number of carbonyl (C=O) groups excluding carboxylic acids is 4. The number of amidine groups is 1. The number of aliphatic hydroxyl groups is 1. The molecular formula is C40H59N7O11S. The first kappa shape index (κ1) is 46.1. The maximum absolute atomic E-state index is 14.7. The Balaban J connectivity index is 1.49. The van der Waals surface area contributed by atoms with E-state index < -0.39 is 89.0 Å². The number of cyclic esters (lactones) is 1. The molecule has 5 rings (SSSR count). The summed E-state index contributed by atoms with van der Waals surface area (Å²) in [4.78, 5) is 72.7. The van der Waals surface area contributed by atoms with Crippen molar-refractivity contribution in [2.75, 3.05) is 21.2 Å². The number of likely N-dealkylation sites (N-methyl/N-ethyl adjacent to an activating group) is 1. The van der Waals surface area contributed by atoms with Crippen LogP contribution in [0.2, 0.25) is 0 Å². The lowest BCUT2D eigenvalue weighted by molar-refractivity contribution is -0.295. The molecule has 3 aliphatic rings. The fraction of sp³-hybridized carbons (Fsp3) is 0.725. The number of methoxy groups -OCH3 is 1. The number of aliphatic hydroxyl groups excluding tert-OH is 1. The number of carbonyl (C=O) groups is 4. The lowest BCUT2D eigenvalue weighted by atomic mass is 9.67. The van der Waals surface area contributed by atoms with Crippen LogP contribution in [0.3, 0.4) is 0 Å². The lowest BCUT2D eigenvalue weighted by Gasteiger charge is -2.47. The zero-order chi connectivity index (χ0) is 43.6. The Kier molecular flexibility index (Phi) is 14.6. The predicted molar refractivity (Wildman–Crippen MR) is 213 cm³/mol. The highest BCUT2D eigenvalue weighted by atomic mass is 32.1. The molecule has 3 N–H and O–H groups in total. The highest BCUT2D eigenvalue weighted by Crippen LogP contribution is 2.48. The van der Waals surface area contributed by atoms with Crippen LogP contribution in [-0.4, -0.2) is 129 Å². The number of nitrogens with two attached hydrogens (primary N) is 1. The largest absolute Gasteiger partial charge is 0.458 e. The second kappa shape index (κ2) is 18.7. The van der Waals surface area contributed by atoms with E-state index in [1.54, 1.807) is 60.0 Å². The number of fused-ring (bicyclic) bond motifs is 1. The van der Waals surface area contributed by atoms with Crippen LogP contribution in [0, 0.1) is 35.5 Å². The molecule has 0 saturated carbocycles. The summed E-state index contributed by atoms with van der Waals surface area (Å²) in [6, 6.07) is 1.37. The predicted octanol–water partition coefficient (Wildman–Crippen LogP) is 2.96. The van der Waals surface area contributed by atoms with E-state index in [2.05, 4.69) is 25.3 Å². The second-order valence-corrected chi connectivity index (χ2v) is 17.7. The van der Waals surface area contributed by atoms with E-state index in [4.69, 9.17) is 34.3 Å². The van der Waals surface area contributed by atoms with E-state index in [-0.39, 0.29) is 43.2 Å². The molecule has 59 heavy (non-hydrogen) atoms. The molecule has 1 unspecified atom stereocenters. The Morgan fingerprint density at radius 2 is 1.71 bits per heavy atom. The Bertz CT molecular complexity index is 1850. The first-order valence-corrected chi connectivity index (χ1v) is 20.9. The molecule has 326 valence electrons. The summed E-state index contributed by atoms with van der Waals surface area (Å²) in [5.74, 6) is -8.51. The number of nitrogens with zero attached hydrogens (tertiary/aromatic N) is 6. The summed E-state index contributed by atoms with van der Waals surface area (Å²) in [5.41, 5.74) is 3.61. The summed E-state index contributed by atoms with van der Waals surface area (Å²) in [5, 5.41) is 24.6. The third kappa shape index (κ3) is 9.49. The Hall–Kier alpha value is -4.01. The van der Waals surface area contributed by atoms with Crippen LogP contribution < -0.4 is 5.73 Å². The lowest BCUT2D eigenvalue weighted by Crippen LogP contribution is -2.59. The van der Waals surface area contributed by atoms with Crippen LogP contribution in [0.5, 0.6) is 0 Å². The molecule has 0 aromatic carbocycles. The topological polar surface area (TPSA) is 237 Å². The van der Waals surface area contributed by atoms with Gasteiger partial charge < -0.3 is 44.3 Å². The second-order valence-electron chi connectivity index (χ2n) is 16.7. The van der Waals surface area contributed by atoms with Gasteiger partial charge in [0.05, 0.1) is 17.8 Å². The number of hydrogen-bond donors (Lipinski definition) is 2. The number of hydrogen-bond acceptors (Lipinski definition) is 18. The van der Waals surface area contributed by atoms with Crippen LogP contribution in [0.1, 0.15) is 79.7 Å². The molecule has 0 bridgehead atoms. The quantitative estimate of drug-likeness (QED) is 0.115. The van der Waals surface area contributed by atoms with Crippen LogP contribution in [0.25, 0.3) is 10.8 Å². The van der Waals surface area contributed by atoms with Crippen molar-refractivity contribution in [3.05, 3.63) is 23.5 Å². The van der Waals surface area contributed by atoms with Crippen molar-refractivity contribution in [3.63, 3.8) is 0 Å². The average molecular weight is 846 g/mol. The summed E-state index contributed by atoms with van der Waals surface area (Å²) in [6.07, 6.45) is -0.790. The van der Waals surface area contributed by atoms with E-state index in [9.17, 15) is 24.3 Å². The van der Waals surface area contributed by atoms with Gasteiger partial charge in [-0.3, -0.25) is 19.2 Å². The molecule has 2 aromatic heterocycles. The van der Waals surface area contributed by atoms with Gasteiger partial charge in [0, 0.05) is 49.2 Å². The highest BCUT2D eigenvalue weighted by molar-refractivity contribution is 7.14. The molecule has 0 aliphatic carbocycles. The van der Waals surface area contributed by atoms with Gasteiger partial charge in [-0.15, -0.1) is 10.2 Å². The monoisotopic (exact) mass is 845 g/mol. The molecule has 0 amide bonds. The zero-order valence-corrected chi connectivity index (χ0v) is 36.5. The van der Waals surface area contributed by atoms with Gasteiger partial charge in [-0.2, -0.15) is 0 Å². The van der Waals surface area contributed by atoms with Crippen LogP contribution >= 0.6 is 11.3 Å². The van der Waals surface area contributed by atoms with Gasteiger partial charge >= 0.3 is 11.9 Å². The van der Waals surface area contributed by atoms with E-state index in [0.717, 1.165) is 0 Å². The van der Waals surface area contributed by atoms with Crippen molar-refractivity contribution in [1.29, 1.82) is 0 Å². The minimum absolute atomic E-state index is 0.0495. The van der Waals surface area contributed by atoms with Gasteiger partial charge in [0.1, 0.15) is 29.8 Å². The van der Waals surface area contributed by atoms with Crippen molar-refractivity contribution in [3.8, 4) is 10.8 Å². The third-order valence-electron chi connectivity index (χ3n) is 12.3. The SMILES string of the molecule is CC[C@@H]1OC(=O)[C@H](C)C(=O)[C@H](C)[C@@H](OC2O[C@H](C)C[C@H](N(C)C)[C@H]2O)[C@](C)(OC)C[C@@H](C)C(=O)[C@H](C)[C@H]2[C@H](/C(N)=N/OCc3nnc(-c4ncccn4)s3)C(=O)O[C@@]21C. The number of ether oxygens (including phenoxy) is 5. The van der Waals surface area contributed by atoms with E-state index in [1.165, 1.54) is 25.4 Å². The Morgan fingerprint density at radius 1 is 1.03 bits per heavy atom. The van der Waals surface area contributed by atoms with Crippen LogP contribution in [-0.2, 0) is 54.3 Å². The Labute approximate surface area is 348 Å². The molecule has 3 fully saturated rings. The van der Waals surface area contributed by atoms with Gasteiger partial charge in [0.15, 0.2) is 46.0 Å². The molecule has 3 aliphatic heterocycles. The number of oxime groups is 1. The first-order valence-electron chi connectivity index (χ1n) is 20.0. The van der Waals surface area contributed by atoms with Crippen molar-refractivity contribution >= 4 is 40.7 Å². The number of esters is 2. The van der Waals surface area contributed by atoms with E-state index in [0.29, 0.717) is 22.3 Å². The molecule has 2 aromatic rings. The number of aromatic nitrogens is 4. The van der Waals surface area contributed by atoms with Gasteiger partial charge in [0.25, 0.3) is 0 Å². The summed E-state index contributed by atoms with van der Waals surface area (Å²) in [7, 11) is 5.16. The average Bonchev–Trinajstić information content (AvgIpc) is 3.79. The molecule has 14 atom stereocenters. The van der Waals surface area contributed by atoms with Crippen molar-refractivity contribution < 1.29 is 52.8 Å². The van der Waals surface area contributed by atoms with Gasteiger partial charge in [0.2, 0.25) is 0 Å². The standard InChI is InChI=1S/C40H59N7O11S/c1-12-25-40(8)28(27(37(52)58-40)33(41)46-54-18-26-44-45-35(59-26)34-42-14-13-15-43-34)21(4)29(48)19(2)17-39(7,53-11)32(22(5)30(49)23(6)36(51)56-25)57-38-31(50)24(47(9)10)16-20(3)55-38/h13-15,19-25,27-28,31-32,38,50H,12,16-18H2,1-11H3,(H2,41,46)/t19-,20-,21-,22+,23-,24+,25+,27-,28+,31-,32-,38?,39-,40-/m1/s1. The summed E-state index contributed by atoms with van der Waals surface area (Å²) in [6.45, 7) is 13.3. The van der Waals surface area contributed by atoms with E-state index in [1.807, 2.05) is 25.9 Å². The fourth-order valence-electron chi connectivity index (χ4n) is 8.97.